The van der Waals surface area contributed by atoms with E-state index < -0.39 is 15.1 Å². The molecule has 6 heteroatoms. The van der Waals surface area contributed by atoms with E-state index in [0.717, 1.165) is 0 Å². The van der Waals surface area contributed by atoms with Crippen molar-refractivity contribution in [3.63, 3.8) is 0 Å². The summed E-state index contributed by atoms with van der Waals surface area (Å²) in [6, 6.07) is 0. The van der Waals surface area contributed by atoms with Gasteiger partial charge in [0.2, 0.25) is 0 Å². The average molecular weight is 200 g/mol. The largest absolute Gasteiger partial charge is 0.532 e. The van der Waals surface area contributed by atoms with Gasteiger partial charge in [0.25, 0.3) is 0 Å². The van der Waals surface area contributed by atoms with Gasteiger partial charge in [0.1, 0.15) is 0 Å². The summed E-state index contributed by atoms with van der Waals surface area (Å²) in [6.45, 7) is 1.93. The van der Waals surface area contributed by atoms with Gasteiger partial charge >= 0.3 is 8.80 Å². The van der Waals surface area contributed by atoms with Crippen molar-refractivity contribution in [2.24, 2.45) is 0 Å². The van der Waals surface area contributed by atoms with Gasteiger partial charge in [0.05, 0.1) is 0 Å². The predicted octanol–water partition coefficient (Wildman–Crippen LogP) is 0.372. The van der Waals surface area contributed by atoms with Crippen molar-refractivity contribution in [3.05, 3.63) is 0 Å². The van der Waals surface area contributed by atoms with E-state index in [2.05, 4.69) is 0 Å². The van der Waals surface area contributed by atoms with Crippen molar-refractivity contribution >= 4 is 8.80 Å². The molecule has 0 spiro atoms. The number of rotatable bonds is 4. The molecule has 12 heavy (non-hydrogen) atoms. The Balaban J connectivity index is 0. The smallest absolute Gasteiger partial charge is 0.397 e. The van der Waals surface area contributed by atoms with Gasteiger partial charge in [-0.3, -0.25) is 0 Å². The molecule has 1 N–H and O–H groups in total. The summed E-state index contributed by atoms with van der Waals surface area (Å²) in [6.07, 6.45) is -0.684. The van der Waals surface area contributed by atoms with Gasteiger partial charge in [-0.05, 0) is 6.92 Å². The first-order valence-corrected chi connectivity index (χ1v) is 5.41. The van der Waals surface area contributed by atoms with E-state index in [9.17, 15) is 4.39 Å². The van der Waals surface area contributed by atoms with Crippen LogP contribution in [0.2, 0.25) is 0 Å². The quantitative estimate of drug-likeness (QED) is 0.666. The number of hydrogen-bond acceptors (Lipinski definition) is 4. The number of halogens is 1. The van der Waals surface area contributed by atoms with Crippen LogP contribution in [0.4, 0.5) is 4.39 Å². The van der Waals surface area contributed by atoms with Gasteiger partial charge in [0, 0.05) is 27.9 Å². The highest BCUT2D eigenvalue weighted by atomic mass is 28.4. The fourth-order valence-electron chi connectivity index (χ4n) is 0.414. The lowest BCUT2D eigenvalue weighted by molar-refractivity contribution is 0.112. The molecular weight excluding hydrogens is 183 g/mol. The SMILES string of the molecule is CCO.CO[Si](CF)(OC)OC. The van der Waals surface area contributed by atoms with Gasteiger partial charge in [-0.25, -0.2) is 4.39 Å². The van der Waals surface area contributed by atoms with Crippen LogP contribution in [0.1, 0.15) is 6.92 Å². The zero-order chi connectivity index (χ0) is 10.0. The Bertz CT molecular complexity index is 72.1. The van der Waals surface area contributed by atoms with Crippen molar-refractivity contribution in [1.82, 2.24) is 0 Å². The number of aliphatic hydroxyl groups excluding tert-OH is 1. The van der Waals surface area contributed by atoms with Crippen LogP contribution in [0, 0.1) is 0 Å². The van der Waals surface area contributed by atoms with Gasteiger partial charge in [-0.1, -0.05) is 0 Å². The first-order valence-electron chi connectivity index (χ1n) is 3.48. The van der Waals surface area contributed by atoms with Crippen molar-refractivity contribution in [3.8, 4) is 0 Å². The zero-order valence-corrected chi connectivity index (χ0v) is 8.96. The summed E-state index contributed by atoms with van der Waals surface area (Å²) in [4.78, 5) is 0. The summed E-state index contributed by atoms with van der Waals surface area (Å²) in [5.74, 6) is 0. The molecule has 76 valence electrons. The van der Waals surface area contributed by atoms with Crippen LogP contribution in [0.15, 0.2) is 0 Å². The molecule has 0 heterocycles. The van der Waals surface area contributed by atoms with E-state index in [-0.39, 0.29) is 6.61 Å². The van der Waals surface area contributed by atoms with Crippen molar-refractivity contribution in [1.29, 1.82) is 0 Å². The normalized spacial score (nSPS) is 10.5. The van der Waals surface area contributed by atoms with E-state index in [1.807, 2.05) is 0 Å². The summed E-state index contributed by atoms with van der Waals surface area (Å²) in [5.41, 5.74) is 0. The van der Waals surface area contributed by atoms with Crippen molar-refractivity contribution in [2.75, 3.05) is 34.2 Å². The van der Waals surface area contributed by atoms with Crippen LogP contribution in [0.5, 0.6) is 0 Å². The van der Waals surface area contributed by atoms with E-state index in [1.165, 1.54) is 21.3 Å². The molecule has 0 bridgehead atoms. The summed E-state index contributed by atoms with van der Waals surface area (Å²) in [7, 11) is 1.26. The third kappa shape index (κ3) is 5.61. The molecule has 0 aromatic carbocycles. The number of hydrogen-bond donors (Lipinski definition) is 1. The zero-order valence-electron chi connectivity index (χ0n) is 7.96. The molecule has 0 saturated heterocycles. The molecule has 0 radical (unpaired) electrons. The number of alkyl halides is 1. The number of aliphatic hydroxyl groups is 1. The second-order valence-corrected chi connectivity index (χ2v) is 4.60. The Morgan fingerprint density at radius 3 is 1.42 bits per heavy atom. The van der Waals surface area contributed by atoms with E-state index in [4.69, 9.17) is 18.4 Å². The molecule has 0 unspecified atom stereocenters. The highest BCUT2D eigenvalue weighted by Crippen LogP contribution is 2.04. The summed E-state index contributed by atoms with van der Waals surface area (Å²) in [5, 5.41) is 7.57. The highest BCUT2D eigenvalue weighted by Gasteiger charge is 2.37. The molecule has 0 aromatic rings. The monoisotopic (exact) mass is 200 g/mol. The molecule has 0 atom stereocenters. The molecule has 0 amide bonds. The van der Waals surface area contributed by atoms with E-state index in [0.29, 0.717) is 0 Å². The van der Waals surface area contributed by atoms with Crippen LogP contribution < -0.4 is 0 Å². The Hall–Kier alpha value is -0.0131. The molecule has 0 rings (SSSR count). The van der Waals surface area contributed by atoms with Gasteiger partial charge in [-0.15, -0.1) is 0 Å². The Kier molecular flexibility index (Phi) is 11.0. The maximum absolute atomic E-state index is 12.0. The summed E-state index contributed by atoms with van der Waals surface area (Å²) < 4.78 is 26.1. The Morgan fingerprint density at radius 1 is 1.17 bits per heavy atom. The maximum Gasteiger partial charge on any atom is 0.532 e. The van der Waals surface area contributed by atoms with Crippen molar-refractivity contribution < 1.29 is 22.8 Å². The molecule has 0 aromatic heterocycles. The standard InChI is InChI=1S/C4H11FO3Si.C2H6O/c1-6-9(4-5,7-2)8-3;1-2-3/h4H2,1-3H3;3H,2H2,1H3. The lowest BCUT2D eigenvalue weighted by Gasteiger charge is -2.20. The average Bonchev–Trinajstić information content (AvgIpc) is 2.11. The van der Waals surface area contributed by atoms with Crippen LogP contribution in [-0.4, -0.2) is 48.1 Å². The molecule has 0 fully saturated rings. The Labute approximate surface area is 73.6 Å². The van der Waals surface area contributed by atoms with E-state index in [1.54, 1.807) is 6.92 Å². The minimum absolute atomic E-state index is 0.250. The van der Waals surface area contributed by atoms with Crippen LogP contribution in [-0.2, 0) is 13.3 Å². The minimum Gasteiger partial charge on any atom is -0.397 e. The lowest BCUT2D eigenvalue weighted by atomic mass is 10.9. The molecule has 0 aliphatic rings. The van der Waals surface area contributed by atoms with E-state index >= 15 is 0 Å². The van der Waals surface area contributed by atoms with Crippen molar-refractivity contribution in [2.45, 2.75) is 6.92 Å². The molecule has 0 saturated carbocycles. The lowest BCUT2D eigenvalue weighted by Crippen LogP contribution is -2.45. The van der Waals surface area contributed by atoms with Crippen LogP contribution in [0.25, 0.3) is 0 Å². The second kappa shape index (κ2) is 9.08. The van der Waals surface area contributed by atoms with Gasteiger partial charge < -0.3 is 18.4 Å². The third-order valence-electron chi connectivity index (χ3n) is 1.10. The highest BCUT2D eigenvalue weighted by molar-refractivity contribution is 6.60. The first-order chi connectivity index (χ1) is 5.66. The Morgan fingerprint density at radius 2 is 1.42 bits per heavy atom. The topological polar surface area (TPSA) is 47.9 Å². The maximum atomic E-state index is 12.0. The minimum atomic E-state index is -2.86. The van der Waals surface area contributed by atoms with Crippen LogP contribution in [0.3, 0.4) is 0 Å². The van der Waals surface area contributed by atoms with Gasteiger partial charge in [0.15, 0.2) is 6.30 Å². The molecule has 4 nitrogen and oxygen atoms in total. The summed E-state index contributed by atoms with van der Waals surface area (Å²) >= 11 is 0. The van der Waals surface area contributed by atoms with Crippen LogP contribution >= 0.6 is 0 Å². The first kappa shape index (κ1) is 14.5. The molecule has 0 aliphatic heterocycles. The predicted molar refractivity (Wildman–Crippen MR) is 45.5 cm³/mol. The van der Waals surface area contributed by atoms with Gasteiger partial charge in [-0.2, -0.15) is 0 Å². The fourth-order valence-corrected chi connectivity index (χ4v) is 1.24. The molecular formula is C6H17FO4Si. The second-order valence-electron chi connectivity index (χ2n) is 1.75. The third-order valence-corrected chi connectivity index (χ3v) is 3.29. The fraction of sp³-hybridized carbons (Fsp3) is 1.00. The molecule has 0 aliphatic carbocycles.